The molecule has 8 heteroatoms. The van der Waals surface area contributed by atoms with Crippen LogP contribution in [-0.2, 0) is 13.1 Å². The number of nitrogen functional groups attached to an aromatic ring is 1. The highest BCUT2D eigenvalue weighted by atomic mass is 32.1. The topological polar surface area (TPSA) is 106 Å². The van der Waals surface area contributed by atoms with E-state index in [1.807, 2.05) is 13.8 Å². The number of aromatic amines is 1. The zero-order valence-corrected chi connectivity index (χ0v) is 12.2. The lowest BCUT2D eigenvalue weighted by molar-refractivity contribution is 0.642. The molecule has 2 aromatic heterocycles. The van der Waals surface area contributed by atoms with Crippen molar-refractivity contribution in [3.05, 3.63) is 36.9 Å². The molecule has 2 heterocycles. The Morgan fingerprint density at radius 3 is 2.85 bits per heavy atom. The van der Waals surface area contributed by atoms with Crippen LogP contribution in [0.15, 0.2) is 15.8 Å². The van der Waals surface area contributed by atoms with Crippen LogP contribution in [0.1, 0.15) is 23.2 Å². The fraction of sp³-hybridized carbons (Fsp3) is 0.417. The van der Waals surface area contributed by atoms with Gasteiger partial charge >= 0.3 is 5.69 Å². The number of hydrogen-bond acceptors (Lipinski definition) is 6. The van der Waals surface area contributed by atoms with E-state index in [-0.39, 0.29) is 11.5 Å². The maximum atomic E-state index is 11.8. The summed E-state index contributed by atoms with van der Waals surface area (Å²) < 4.78 is 1.36. The Hall–Kier alpha value is -2.09. The first-order valence-electron chi connectivity index (χ1n) is 6.30. The number of aryl methyl sites for hydroxylation is 1. The van der Waals surface area contributed by atoms with Crippen molar-refractivity contribution in [1.82, 2.24) is 14.5 Å². The number of aromatic nitrogens is 3. The van der Waals surface area contributed by atoms with Crippen molar-refractivity contribution >= 4 is 22.8 Å². The van der Waals surface area contributed by atoms with Crippen LogP contribution in [0.4, 0.5) is 11.5 Å². The number of thiazole rings is 1. The third kappa shape index (κ3) is 2.90. The van der Waals surface area contributed by atoms with Gasteiger partial charge in [0.05, 0.1) is 11.6 Å². The van der Waals surface area contributed by atoms with Gasteiger partial charge in [0.25, 0.3) is 5.56 Å². The minimum Gasteiger partial charge on any atom is -0.383 e. The fourth-order valence-corrected chi connectivity index (χ4v) is 2.60. The van der Waals surface area contributed by atoms with Crippen molar-refractivity contribution in [3.63, 3.8) is 0 Å². The number of nitrogens with one attached hydrogen (secondary N) is 2. The minimum atomic E-state index is -0.499. The summed E-state index contributed by atoms with van der Waals surface area (Å²) in [5.41, 5.74) is 5.16. The van der Waals surface area contributed by atoms with E-state index in [0.717, 1.165) is 16.3 Å². The molecular weight excluding hydrogens is 278 g/mol. The smallest absolute Gasteiger partial charge is 0.330 e. The molecular formula is C12H17N5O2S. The molecule has 0 saturated heterocycles. The van der Waals surface area contributed by atoms with Crippen molar-refractivity contribution in [2.24, 2.45) is 0 Å². The SMILES string of the molecule is CCCn1c(N)c(NCc2cnc(C)s2)c(=O)[nH]c1=O. The Morgan fingerprint density at radius 1 is 1.50 bits per heavy atom. The first-order chi connectivity index (χ1) is 9.52. The van der Waals surface area contributed by atoms with Crippen molar-refractivity contribution in [2.45, 2.75) is 33.4 Å². The quantitative estimate of drug-likeness (QED) is 0.760. The molecule has 4 N–H and O–H groups in total. The standard InChI is InChI=1S/C12H17N5O2S/c1-3-4-17-10(13)9(11(18)16-12(17)19)15-6-8-5-14-7(2)20-8/h5,15H,3-4,6,13H2,1-2H3,(H,16,18,19). The van der Waals surface area contributed by atoms with E-state index >= 15 is 0 Å². The Bertz CT molecular complexity index is 715. The van der Waals surface area contributed by atoms with Gasteiger partial charge in [0.2, 0.25) is 0 Å². The molecule has 0 atom stereocenters. The average molecular weight is 295 g/mol. The molecule has 0 aliphatic carbocycles. The van der Waals surface area contributed by atoms with E-state index in [4.69, 9.17) is 5.73 Å². The predicted octanol–water partition coefficient (Wildman–Crippen LogP) is 0.906. The van der Waals surface area contributed by atoms with Crippen LogP contribution >= 0.6 is 11.3 Å². The summed E-state index contributed by atoms with van der Waals surface area (Å²) in [4.78, 5) is 30.9. The third-order valence-electron chi connectivity index (χ3n) is 2.80. The van der Waals surface area contributed by atoms with Gasteiger partial charge in [0, 0.05) is 17.6 Å². The highest BCUT2D eigenvalue weighted by Gasteiger charge is 2.11. The van der Waals surface area contributed by atoms with E-state index in [2.05, 4.69) is 15.3 Å². The van der Waals surface area contributed by atoms with E-state index in [1.54, 1.807) is 17.5 Å². The molecule has 0 aromatic carbocycles. The van der Waals surface area contributed by atoms with Gasteiger partial charge in [-0.15, -0.1) is 11.3 Å². The second-order valence-corrected chi connectivity index (χ2v) is 5.69. The summed E-state index contributed by atoms with van der Waals surface area (Å²) in [6.07, 6.45) is 2.50. The van der Waals surface area contributed by atoms with E-state index in [0.29, 0.717) is 13.1 Å². The monoisotopic (exact) mass is 295 g/mol. The molecule has 0 aliphatic heterocycles. The number of nitrogens with zero attached hydrogens (tertiary/aromatic N) is 2. The number of H-pyrrole nitrogens is 1. The van der Waals surface area contributed by atoms with Crippen molar-refractivity contribution in [3.8, 4) is 0 Å². The lowest BCUT2D eigenvalue weighted by Crippen LogP contribution is -2.34. The number of hydrogen-bond donors (Lipinski definition) is 3. The Labute approximate surface area is 119 Å². The summed E-state index contributed by atoms with van der Waals surface area (Å²) in [5.74, 6) is 0.168. The van der Waals surface area contributed by atoms with Gasteiger partial charge in [0.1, 0.15) is 11.5 Å². The van der Waals surface area contributed by atoms with E-state index < -0.39 is 11.2 Å². The molecule has 2 rings (SSSR count). The normalized spacial score (nSPS) is 10.7. The van der Waals surface area contributed by atoms with Gasteiger partial charge < -0.3 is 11.1 Å². The highest BCUT2D eigenvalue weighted by Crippen LogP contribution is 2.15. The molecule has 0 aliphatic rings. The lowest BCUT2D eigenvalue weighted by atomic mass is 10.4. The first kappa shape index (κ1) is 14.3. The first-order valence-corrected chi connectivity index (χ1v) is 7.12. The number of nitrogens with two attached hydrogens (primary N) is 1. The Morgan fingerprint density at radius 2 is 2.25 bits per heavy atom. The molecule has 0 spiro atoms. The summed E-state index contributed by atoms with van der Waals surface area (Å²) in [5, 5.41) is 3.94. The number of anilines is 2. The van der Waals surface area contributed by atoms with Crippen LogP contribution in [0.3, 0.4) is 0 Å². The molecule has 7 nitrogen and oxygen atoms in total. The van der Waals surface area contributed by atoms with Crippen LogP contribution in [0.5, 0.6) is 0 Å². The molecule has 0 amide bonds. The van der Waals surface area contributed by atoms with Gasteiger partial charge in [-0.05, 0) is 13.3 Å². The zero-order chi connectivity index (χ0) is 14.7. The van der Waals surface area contributed by atoms with Gasteiger partial charge in [-0.2, -0.15) is 0 Å². The van der Waals surface area contributed by atoms with Crippen molar-refractivity contribution in [2.75, 3.05) is 11.1 Å². The molecule has 0 radical (unpaired) electrons. The average Bonchev–Trinajstić information content (AvgIpc) is 2.80. The van der Waals surface area contributed by atoms with Crippen LogP contribution in [0, 0.1) is 6.92 Å². The predicted molar refractivity (Wildman–Crippen MR) is 80.2 cm³/mol. The van der Waals surface area contributed by atoms with Gasteiger partial charge in [-0.1, -0.05) is 6.92 Å². The minimum absolute atomic E-state index is 0.168. The van der Waals surface area contributed by atoms with Crippen LogP contribution in [0.2, 0.25) is 0 Å². The van der Waals surface area contributed by atoms with Crippen LogP contribution < -0.4 is 22.3 Å². The second kappa shape index (κ2) is 5.91. The van der Waals surface area contributed by atoms with Crippen LogP contribution in [0.25, 0.3) is 0 Å². The molecule has 0 saturated carbocycles. The molecule has 20 heavy (non-hydrogen) atoms. The molecule has 0 fully saturated rings. The van der Waals surface area contributed by atoms with E-state index in [9.17, 15) is 9.59 Å². The zero-order valence-electron chi connectivity index (χ0n) is 11.4. The second-order valence-electron chi connectivity index (χ2n) is 4.37. The van der Waals surface area contributed by atoms with Gasteiger partial charge in [0.15, 0.2) is 0 Å². The summed E-state index contributed by atoms with van der Waals surface area (Å²) in [7, 11) is 0. The summed E-state index contributed by atoms with van der Waals surface area (Å²) >= 11 is 1.54. The molecule has 2 aromatic rings. The Kier molecular flexibility index (Phi) is 4.23. The van der Waals surface area contributed by atoms with Crippen molar-refractivity contribution < 1.29 is 0 Å². The summed E-state index contributed by atoms with van der Waals surface area (Å²) in [6, 6.07) is 0. The number of rotatable bonds is 5. The Balaban J connectivity index is 2.29. The van der Waals surface area contributed by atoms with Crippen LogP contribution in [-0.4, -0.2) is 14.5 Å². The summed E-state index contributed by atoms with van der Waals surface area (Å²) in [6.45, 7) is 4.76. The van der Waals surface area contributed by atoms with Crippen molar-refractivity contribution in [1.29, 1.82) is 0 Å². The van der Waals surface area contributed by atoms with Gasteiger partial charge in [-0.3, -0.25) is 14.3 Å². The van der Waals surface area contributed by atoms with E-state index in [1.165, 1.54) is 4.57 Å². The molecule has 0 bridgehead atoms. The van der Waals surface area contributed by atoms with Gasteiger partial charge in [-0.25, -0.2) is 9.78 Å². The lowest BCUT2D eigenvalue weighted by Gasteiger charge is -2.12. The fourth-order valence-electron chi connectivity index (χ4n) is 1.87. The molecule has 108 valence electrons. The maximum Gasteiger partial charge on any atom is 0.330 e. The highest BCUT2D eigenvalue weighted by molar-refractivity contribution is 7.11. The molecule has 0 unspecified atom stereocenters. The third-order valence-corrected chi connectivity index (χ3v) is 3.71. The maximum absolute atomic E-state index is 11.8. The largest absolute Gasteiger partial charge is 0.383 e.